The van der Waals surface area contributed by atoms with Gasteiger partial charge in [0.15, 0.2) is 0 Å². The molecule has 0 aliphatic heterocycles. The van der Waals surface area contributed by atoms with Gasteiger partial charge >= 0.3 is 0 Å². The van der Waals surface area contributed by atoms with Gasteiger partial charge in [-0.25, -0.2) is 4.98 Å². The largest absolute Gasteiger partial charge is 0.333 e. The zero-order chi connectivity index (χ0) is 12.0. The van der Waals surface area contributed by atoms with Crippen molar-refractivity contribution in [3.8, 4) is 0 Å². The smallest absolute Gasteiger partial charge is 0.0948 e. The Hall–Kier alpha value is -0.830. The fourth-order valence-electron chi connectivity index (χ4n) is 1.74. The third-order valence-corrected chi connectivity index (χ3v) is 3.52. The van der Waals surface area contributed by atoms with E-state index in [1.807, 2.05) is 12.5 Å². The Bertz CT molecular complexity index is 300. The molecule has 92 valence electrons. The van der Waals surface area contributed by atoms with E-state index in [4.69, 9.17) is 0 Å². The zero-order valence-electron chi connectivity index (χ0n) is 11.1. The number of nitrogens with one attached hydrogen (secondary N) is 1. The molecule has 0 fully saturated rings. The Morgan fingerprint density at radius 3 is 2.56 bits per heavy atom. The molecule has 1 aromatic heterocycles. The highest BCUT2D eigenvalue weighted by atomic mass is 15.1. The number of hydrogen-bond acceptors (Lipinski definition) is 2. The van der Waals surface area contributed by atoms with Crippen LogP contribution in [0.5, 0.6) is 0 Å². The van der Waals surface area contributed by atoms with E-state index in [-0.39, 0.29) is 5.54 Å². The molecule has 0 unspecified atom stereocenters. The number of hydrogen-bond donors (Lipinski definition) is 1. The maximum atomic E-state index is 4.22. The molecule has 1 N–H and O–H groups in total. The molecule has 3 heteroatoms. The summed E-state index contributed by atoms with van der Waals surface area (Å²) < 4.78 is 2.23. The Balaban J connectivity index is 2.56. The van der Waals surface area contributed by atoms with Crippen LogP contribution in [0.15, 0.2) is 12.5 Å². The van der Waals surface area contributed by atoms with Crippen LogP contribution in [0.3, 0.4) is 0 Å². The molecule has 3 nitrogen and oxygen atoms in total. The molecule has 0 aliphatic rings. The van der Waals surface area contributed by atoms with E-state index in [0.29, 0.717) is 0 Å². The average Bonchev–Trinajstić information content (AvgIpc) is 2.74. The number of rotatable bonds is 7. The van der Waals surface area contributed by atoms with Gasteiger partial charge in [0, 0.05) is 24.8 Å². The van der Waals surface area contributed by atoms with E-state index < -0.39 is 0 Å². The Morgan fingerprint density at radius 1 is 1.31 bits per heavy atom. The third-order valence-electron chi connectivity index (χ3n) is 3.52. The van der Waals surface area contributed by atoms with Gasteiger partial charge in [0.05, 0.1) is 12.0 Å². The van der Waals surface area contributed by atoms with Gasteiger partial charge in [0.2, 0.25) is 0 Å². The van der Waals surface area contributed by atoms with Gasteiger partial charge in [-0.3, -0.25) is 0 Å². The van der Waals surface area contributed by atoms with Crippen molar-refractivity contribution in [1.29, 1.82) is 0 Å². The number of aromatic nitrogens is 2. The van der Waals surface area contributed by atoms with Crippen LogP contribution in [0.1, 0.15) is 52.7 Å². The Kier molecular flexibility index (Phi) is 5.00. The normalized spacial score (nSPS) is 12.0. The van der Waals surface area contributed by atoms with E-state index in [2.05, 4.69) is 42.6 Å². The second-order valence-electron chi connectivity index (χ2n) is 4.70. The van der Waals surface area contributed by atoms with Crippen LogP contribution in [0, 0.1) is 0 Å². The van der Waals surface area contributed by atoms with E-state index in [1.54, 1.807) is 0 Å². The predicted octanol–water partition coefficient (Wildman–Crippen LogP) is 2.96. The highest BCUT2D eigenvalue weighted by Gasteiger charge is 2.18. The van der Waals surface area contributed by atoms with Crippen LogP contribution in [0.4, 0.5) is 0 Å². The maximum absolute atomic E-state index is 4.22. The first-order valence-electron chi connectivity index (χ1n) is 6.39. The van der Waals surface area contributed by atoms with E-state index in [1.165, 1.54) is 5.69 Å². The molecule has 0 atom stereocenters. The first kappa shape index (κ1) is 13.2. The quantitative estimate of drug-likeness (QED) is 0.770. The van der Waals surface area contributed by atoms with Gasteiger partial charge in [0.25, 0.3) is 0 Å². The average molecular weight is 223 g/mol. The number of imidazole rings is 1. The molecule has 0 spiro atoms. The molecule has 0 radical (unpaired) electrons. The van der Waals surface area contributed by atoms with E-state index in [0.717, 1.165) is 32.4 Å². The van der Waals surface area contributed by atoms with Crippen LogP contribution < -0.4 is 5.32 Å². The van der Waals surface area contributed by atoms with E-state index in [9.17, 15) is 0 Å². The molecule has 1 rings (SSSR count). The molecule has 16 heavy (non-hydrogen) atoms. The fourth-order valence-corrected chi connectivity index (χ4v) is 1.74. The Labute approximate surface area is 99.3 Å². The first-order chi connectivity index (χ1) is 7.65. The molecular formula is C13H25N3. The third kappa shape index (κ3) is 3.34. The molecular weight excluding hydrogens is 198 g/mol. The second-order valence-corrected chi connectivity index (χ2v) is 4.70. The van der Waals surface area contributed by atoms with Gasteiger partial charge in [-0.15, -0.1) is 0 Å². The van der Waals surface area contributed by atoms with Crippen molar-refractivity contribution < 1.29 is 0 Å². The molecule has 0 saturated carbocycles. The van der Waals surface area contributed by atoms with Crippen LogP contribution in [-0.2, 0) is 13.1 Å². The molecule has 1 heterocycles. The van der Waals surface area contributed by atoms with Gasteiger partial charge in [-0.1, -0.05) is 20.8 Å². The minimum atomic E-state index is 0.251. The van der Waals surface area contributed by atoms with Crippen molar-refractivity contribution in [2.45, 2.75) is 65.6 Å². The first-order valence-corrected chi connectivity index (χ1v) is 6.39. The number of aryl methyl sites for hydroxylation is 1. The SMILES string of the molecule is CCCn1cncc1CNC(C)(CC)CC. The molecule has 0 bridgehead atoms. The summed E-state index contributed by atoms with van der Waals surface area (Å²) in [6.07, 6.45) is 7.36. The van der Waals surface area contributed by atoms with Crippen LogP contribution >= 0.6 is 0 Å². The molecule has 0 saturated heterocycles. The molecule has 0 amide bonds. The minimum absolute atomic E-state index is 0.251. The van der Waals surface area contributed by atoms with Crippen molar-refractivity contribution >= 4 is 0 Å². The summed E-state index contributed by atoms with van der Waals surface area (Å²) >= 11 is 0. The monoisotopic (exact) mass is 223 g/mol. The van der Waals surface area contributed by atoms with E-state index >= 15 is 0 Å². The maximum Gasteiger partial charge on any atom is 0.0948 e. The summed E-state index contributed by atoms with van der Waals surface area (Å²) in [6, 6.07) is 0. The van der Waals surface area contributed by atoms with Gasteiger partial charge in [0.1, 0.15) is 0 Å². The van der Waals surface area contributed by atoms with Crippen LogP contribution in [0.25, 0.3) is 0 Å². The van der Waals surface area contributed by atoms with Gasteiger partial charge < -0.3 is 9.88 Å². The summed E-state index contributed by atoms with van der Waals surface area (Å²) in [5.74, 6) is 0. The highest BCUT2D eigenvalue weighted by Crippen LogP contribution is 2.14. The minimum Gasteiger partial charge on any atom is -0.333 e. The standard InChI is InChI=1S/C13H25N3/c1-5-8-16-11-14-9-12(16)10-15-13(4,6-2)7-3/h9,11,15H,5-8,10H2,1-4H3. The lowest BCUT2D eigenvalue weighted by Crippen LogP contribution is -2.40. The predicted molar refractivity (Wildman–Crippen MR) is 68.3 cm³/mol. The summed E-state index contributed by atoms with van der Waals surface area (Å²) in [5, 5.41) is 3.64. The summed E-state index contributed by atoms with van der Waals surface area (Å²) in [5.41, 5.74) is 1.54. The molecule has 0 aliphatic carbocycles. The van der Waals surface area contributed by atoms with Crippen molar-refractivity contribution in [1.82, 2.24) is 14.9 Å². The van der Waals surface area contributed by atoms with Crippen molar-refractivity contribution in [3.63, 3.8) is 0 Å². The Morgan fingerprint density at radius 2 is 2.00 bits per heavy atom. The summed E-state index contributed by atoms with van der Waals surface area (Å²) in [6.45, 7) is 10.9. The summed E-state index contributed by atoms with van der Waals surface area (Å²) in [4.78, 5) is 4.22. The lowest BCUT2D eigenvalue weighted by molar-refractivity contribution is 0.325. The van der Waals surface area contributed by atoms with Crippen molar-refractivity contribution in [3.05, 3.63) is 18.2 Å². The van der Waals surface area contributed by atoms with Crippen LogP contribution in [-0.4, -0.2) is 15.1 Å². The molecule has 1 aromatic rings. The highest BCUT2D eigenvalue weighted by molar-refractivity contribution is 4.99. The lowest BCUT2D eigenvalue weighted by Gasteiger charge is -2.28. The number of nitrogens with zero attached hydrogens (tertiary/aromatic N) is 2. The van der Waals surface area contributed by atoms with Gasteiger partial charge in [-0.05, 0) is 26.2 Å². The van der Waals surface area contributed by atoms with Crippen molar-refractivity contribution in [2.24, 2.45) is 0 Å². The second kappa shape index (κ2) is 6.04. The summed E-state index contributed by atoms with van der Waals surface area (Å²) in [7, 11) is 0. The fraction of sp³-hybridized carbons (Fsp3) is 0.769. The molecule has 0 aromatic carbocycles. The van der Waals surface area contributed by atoms with Gasteiger partial charge in [-0.2, -0.15) is 0 Å². The van der Waals surface area contributed by atoms with Crippen LogP contribution in [0.2, 0.25) is 0 Å². The van der Waals surface area contributed by atoms with Crippen molar-refractivity contribution in [2.75, 3.05) is 0 Å². The lowest BCUT2D eigenvalue weighted by atomic mass is 9.95. The zero-order valence-corrected chi connectivity index (χ0v) is 11.1. The topological polar surface area (TPSA) is 29.9 Å².